The molecule has 3 aliphatic rings. The second-order valence-corrected chi connectivity index (χ2v) is 17.8. The number of para-hydroxylation sites is 3. The summed E-state index contributed by atoms with van der Waals surface area (Å²) in [5, 5.41) is 29.5. The van der Waals surface area contributed by atoms with Crippen LogP contribution >= 0.6 is 0 Å². The molecule has 3 aliphatic carbocycles. The molecule has 0 spiro atoms. The molecule has 3 unspecified atom stereocenters. The van der Waals surface area contributed by atoms with Gasteiger partial charge in [0.1, 0.15) is 12.1 Å². The number of nitrogens with zero attached hydrogens (tertiary/aromatic N) is 5. The Morgan fingerprint density at radius 1 is 0.565 bits per heavy atom. The Bertz CT molecular complexity index is 3700. The Morgan fingerprint density at radius 3 is 1.85 bits per heavy atom. The van der Waals surface area contributed by atoms with Gasteiger partial charge in [0.25, 0.3) is 0 Å². The van der Waals surface area contributed by atoms with E-state index in [9.17, 15) is 10.5 Å². The first-order valence-corrected chi connectivity index (χ1v) is 21.6. The molecule has 0 bridgehead atoms. The first kappa shape index (κ1) is 34.9. The number of nitriles is 2. The fourth-order valence-corrected chi connectivity index (χ4v) is 12.0. The molecule has 0 fully saturated rings. The lowest BCUT2D eigenvalue weighted by molar-refractivity contribution is 0.391. The number of hydrogen-bond donors (Lipinski definition) is 0. The lowest BCUT2D eigenvalue weighted by Crippen LogP contribution is -2.26. The molecule has 3 aromatic heterocycles. The van der Waals surface area contributed by atoms with Crippen molar-refractivity contribution in [2.45, 2.75) is 37.6 Å². The zero-order chi connectivity index (χ0) is 41.4. The second kappa shape index (κ2) is 12.6. The first-order valence-electron chi connectivity index (χ1n) is 21.6. The van der Waals surface area contributed by atoms with Crippen molar-refractivity contribution in [3.8, 4) is 23.5 Å². The summed E-state index contributed by atoms with van der Waals surface area (Å²) in [4.78, 5) is 0. The van der Waals surface area contributed by atoms with E-state index in [2.05, 4.69) is 197 Å². The van der Waals surface area contributed by atoms with Crippen molar-refractivity contribution < 1.29 is 0 Å². The van der Waals surface area contributed by atoms with Crippen molar-refractivity contribution in [3.63, 3.8) is 0 Å². The van der Waals surface area contributed by atoms with E-state index < -0.39 is 0 Å². The molecule has 0 radical (unpaired) electrons. The molecular weight excluding hydrogens is 755 g/mol. The minimum atomic E-state index is -0.0337. The average Bonchev–Trinajstić information content (AvgIpc) is 4.02. The van der Waals surface area contributed by atoms with Gasteiger partial charge >= 0.3 is 0 Å². The fraction of sp³-hybridized carbons (Fsp3) is 0.123. The minimum absolute atomic E-state index is 0.0337. The molecule has 13 rings (SSSR count). The molecule has 0 saturated heterocycles. The number of benzene rings is 7. The molecule has 5 heteroatoms. The maximum atomic E-state index is 11.2. The SMILES string of the molecule is CC1(C)c2ccccc2C2c3c(n(-c4cc(C#N)c(-n5c6c(c7c8ccccc8ccc75)CC(n5c7ccccc7c7ccccc75)C=C6)cc4C#N)c4ccccc34)C=CC21. The summed E-state index contributed by atoms with van der Waals surface area (Å²) in [6.45, 7) is 4.73. The predicted molar refractivity (Wildman–Crippen MR) is 252 cm³/mol. The molecule has 0 N–H and O–H groups in total. The minimum Gasteiger partial charge on any atom is -0.333 e. The van der Waals surface area contributed by atoms with Gasteiger partial charge in [0, 0.05) is 44.2 Å². The zero-order valence-electron chi connectivity index (χ0n) is 34.3. The van der Waals surface area contributed by atoms with Crippen molar-refractivity contribution in [1.82, 2.24) is 13.7 Å². The number of allylic oxidation sites excluding steroid dienone is 2. The zero-order valence-corrected chi connectivity index (χ0v) is 34.3. The van der Waals surface area contributed by atoms with Crippen molar-refractivity contribution in [2.24, 2.45) is 5.92 Å². The Balaban J connectivity index is 1.04. The topological polar surface area (TPSA) is 62.4 Å². The largest absolute Gasteiger partial charge is 0.333 e. The molecular formula is C57H39N5. The van der Waals surface area contributed by atoms with Gasteiger partial charge in [-0.25, -0.2) is 0 Å². The molecule has 3 atom stereocenters. The smallest absolute Gasteiger partial charge is 0.101 e. The van der Waals surface area contributed by atoms with Crippen LogP contribution < -0.4 is 0 Å². The standard InChI is InChI=1S/C57H39N5/c1-57(2)44-19-9-5-17-41(44)55-45(57)25-28-51-56(55)42-18-8-12-22-48(42)61(51)52-29-36(33-59)53(30-35(52)32-58)62-49-27-24-37(31-43(49)54-38-14-4-3-13-34(38)23-26-50(54)62)60-46-20-10-6-15-39(46)40-16-7-11-21-47(40)60/h3-30,37,45,55H,31H2,1-2H3. The van der Waals surface area contributed by atoms with E-state index in [1.807, 2.05) is 12.1 Å². The van der Waals surface area contributed by atoms with Crippen LogP contribution in [0.5, 0.6) is 0 Å². The molecule has 0 amide bonds. The lowest BCUT2D eigenvalue weighted by atomic mass is 9.71. The quantitative estimate of drug-likeness (QED) is 0.179. The highest BCUT2D eigenvalue weighted by Crippen LogP contribution is 2.58. The Hall–Kier alpha value is -7.86. The van der Waals surface area contributed by atoms with Crippen LogP contribution in [-0.2, 0) is 11.8 Å². The number of hydrogen-bond acceptors (Lipinski definition) is 2. The van der Waals surface area contributed by atoms with Gasteiger partial charge < -0.3 is 13.7 Å². The number of rotatable bonds is 3. The van der Waals surface area contributed by atoms with E-state index in [1.165, 1.54) is 65.6 Å². The highest BCUT2D eigenvalue weighted by Gasteiger charge is 2.48. The molecule has 5 nitrogen and oxygen atoms in total. The molecule has 3 heterocycles. The van der Waals surface area contributed by atoms with Crippen molar-refractivity contribution in [3.05, 3.63) is 203 Å². The van der Waals surface area contributed by atoms with Crippen molar-refractivity contribution in [2.75, 3.05) is 0 Å². The van der Waals surface area contributed by atoms with Gasteiger partial charge in [0.2, 0.25) is 0 Å². The van der Waals surface area contributed by atoms with E-state index in [-0.39, 0.29) is 17.4 Å². The molecule has 10 aromatic rings. The van der Waals surface area contributed by atoms with Crippen LogP contribution in [0.1, 0.15) is 70.6 Å². The third kappa shape index (κ3) is 4.50. The Morgan fingerprint density at radius 2 is 1.15 bits per heavy atom. The molecule has 7 aromatic carbocycles. The first-order chi connectivity index (χ1) is 30.5. The fourth-order valence-electron chi connectivity index (χ4n) is 12.0. The van der Waals surface area contributed by atoms with Crippen molar-refractivity contribution >= 4 is 66.5 Å². The van der Waals surface area contributed by atoms with Crippen LogP contribution in [0.2, 0.25) is 0 Å². The van der Waals surface area contributed by atoms with E-state index >= 15 is 0 Å². The normalized spacial score (nSPS) is 18.2. The molecule has 62 heavy (non-hydrogen) atoms. The van der Waals surface area contributed by atoms with Crippen LogP contribution in [-0.4, -0.2) is 13.7 Å². The summed E-state index contributed by atoms with van der Waals surface area (Å²) in [5.74, 6) is 0.476. The van der Waals surface area contributed by atoms with E-state index in [0.29, 0.717) is 22.7 Å². The van der Waals surface area contributed by atoms with Crippen LogP contribution in [0.4, 0.5) is 0 Å². The van der Waals surface area contributed by atoms with Gasteiger partial charge in [-0.05, 0) is 99.3 Å². The van der Waals surface area contributed by atoms with E-state index in [4.69, 9.17) is 0 Å². The third-order valence-corrected chi connectivity index (χ3v) is 14.6. The number of fused-ring (bicyclic) bond motifs is 15. The van der Waals surface area contributed by atoms with Gasteiger partial charge in [-0.3, -0.25) is 0 Å². The summed E-state index contributed by atoms with van der Waals surface area (Å²) < 4.78 is 6.97. The maximum Gasteiger partial charge on any atom is 0.101 e. The van der Waals surface area contributed by atoms with Crippen molar-refractivity contribution in [1.29, 1.82) is 10.5 Å². The summed E-state index contributed by atoms with van der Waals surface area (Å²) in [6.07, 6.45) is 10.00. The molecule has 0 saturated carbocycles. The van der Waals surface area contributed by atoms with Crippen LogP contribution in [0, 0.1) is 28.6 Å². The summed E-state index contributed by atoms with van der Waals surface area (Å²) in [7, 11) is 0. The average molecular weight is 794 g/mol. The van der Waals surface area contributed by atoms with E-state index in [0.717, 1.165) is 34.5 Å². The Kier molecular flexibility index (Phi) is 7.09. The van der Waals surface area contributed by atoms with Gasteiger partial charge in [0.15, 0.2) is 0 Å². The monoisotopic (exact) mass is 793 g/mol. The highest BCUT2D eigenvalue weighted by atomic mass is 15.0. The maximum absolute atomic E-state index is 11.2. The third-order valence-electron chi connectivity index (χ3n) is 14.6. The van der Waals surface area contributed by atoms with Crippen LogP contribution in [0.25, 0.3) is 77.9 Å². The molecule has 292 valence electrons. The Labute approximate surface area is 358 Å². The second-order valence-electron chi connectivity index (χ2n) is 17.8. The molecule has 0 aliphatic heterocycles. The van der Waals surface area contributed by atoms with E-state index in [1.54, 1.807) is 0 Å². The summed E-state index contributed by atoms with van der Waals surface area (Å²) in [6, 6.07) is 57.1. The van der Waals surface area contributed by atoms with Crippen LogP contribution in [0.15, 0.2) is 158 Å². The summed E-state index contributed by atoms with van der Waals surface area (Å²) in [5.41, 5.74) is 14.3. The highest BCUT2D eigenvalue weighted by molar-refractivity contribution is 6.11. The van der Waals surface area contributed by atoms with Gasteiger partial charge in [0.05, 0.1) is 45.3 Å². The predicted octanol–water partition coefficient (Wildman–Crippen LogP) is 13.5. The lowest BCUT2D eigenvalue weighted by Gasteiger charge is -2.32. The summed E-state index contributed by atoms with van der Waals surface area (Å²) >= 11 is 0. The number of aromatic nitrogens is 3. The van der Waals surface area contributed by atoms with Gasteiger partial charge in [-0.1, -0.05) is 135 Å². The van der Waals surface area contributed by atoms with Crippen LogP contribution in [0.3, 0.4) is 0 Å². The van der Waals surface area contributed by atoms with Gasteiger partial charge in [-0.2, -0.15) is 10.5 Å². The van der Waals surface area contributed by atoms with Gasteiger partial charge in [-0.15, -0.1) is 0 Å².